The Morgan fingerprint density at radius 1 is 0.941 bits per heavy atom. The van der Waals surface area contributed by atoms with Crippen LogP contribution in [0.15, 0.2) is 84.6 Å². The smallest absolute Gasteiger partial charge is 0.743 e. The van der Waals surface area contributed by atoms with E-state index in [1.54, 1.807) is 54.6 Å². The van der Waals surface area contributed by atoms with Gasteiger partial charge in [-0.05, 0) is 35.9 Å². The van der Waals surface area contributed by atoms with Crippen LogP contribution in [-0.2, 0) is 26.1 Å². The number of allylic oxidation sites excluding steroid dienone is 3. The summed E-state index contributed by atoms with van der Waals surface area (Å²) in [5.74, 6) is -1.36. The topological polar surface area (TPSA) is 119 Å². The van der Waals surface area contributed by atoms with Crippen LogP contribution in [0.4, 0.5) is 5.69 Å². The Labute approximate surface area is 220 Å². The first kappa shape index (κ1) is 26.3. The van der Waals surface area contributed by atoms with E-state index in [1.807, 2.05) is 36.4 Å². The summed E-state index contributed by atoms with van der Waals surface area (Å²) in [4.78, 5) is 1.46. The summed E-state index contributed by atoms with van der Waals surface area (Å²) in [6.07, 6.45) is 8.44. The van der Waals surface area contributed by atoms with Crippen LogP contribution in [0.1, 0.15) is 11.3 Å². The van der Waals surface area contributed by atoms with Crippen molar-refractivity contribution in [3.8, 4) is 0 Å². The van der Waals surface area contributed by atoms with Gasteiger partial charge in [-0.1, -0.05) is 42.5 Å². The standard InChI is InChI=1S/C23H20N2O6S2.Na/c26-32(27,28)16-24-20(14-12-18-6-1-3-10-22(18)24)8-5-9-21-15-13-19-7-2-4-11-23(19)25(21)17-33(29,30)31;/h1-15H,16-17H2,(H-,26,27,28,29,30,31);/q;+1. The summed E-state index contributed by atoms with van der Waals surface area (Å²) in [5.41, 5.74) is 3.00. The molecule has 1 aromatic heterocycles. The summed E-state index contributed by atoms with van der Waals surface area (Å²) in [7, 11) is -8.86. The van der Waals surface area contributed by atoms with Crippen molar-refractivity contribution in [1.29, 1.82) is 0 Å². The number of anilines is 1. The number of hydrogen-bond donors (Lipinski definition) is 1. The molecule has 0 fully saturated rings. The van der Waals surface area contributed by atoms with Crippen molar-refractivity contribution in [3.05, 3.63) is 95.8 Å². The second kappa shape index (κ2) is 10.5. The van der Waals surface area contributed by atoms with Gasteiger partial charge in [0.15, 0.2) is 16.0 Å². The van der Waals surface area contributed by atoms with E-state index in [9.17, 15) is 25.9 Å². The second-order valence-electron chi connectivity index (χ2n) is 7.41. The maximum Gasteiger partial charge on any atom is 1.00 e. The molecule has 1 aliphatic rings. The molecule has 0 spiro atoms. The number of para-hydroxylation sites is 2. The second-order valence-corrected chi connectivity index (χ2v) is 10.2. The van der Waals surface area contributed by atoms with Crippen molar-refractivity contribution in [2.75, 3.05) is 10.8 Å². The first-order chi connectivity index (χ1) is 15.6. The van der Waals surface area contributed by atoms with Crippen LogP contribution >= 0.6 is 0 Å². The van der Waals surface area contributed by atoms with Crippen LogP contribution in [0.2, 0.25) is 0 Å². The van der Waals surface area contributed by atoms with Gasteiger partial charge in [-0.25, -0.2) is 8.42 Å². The fraction of sp³-hybridized carbons (Fsp3) is 0.0870. The molecule has 8 nitrogen and oxygen atoms in total. The molecule has 4 rings (SSSR count). The Morgan fingerprint density at radius 3 is 2.38 bits per heavy atom. The zero-order valence-electron chi connectivity index (χ0n) is 18.3. The minimum Gasteiger partial charge on any atom is -0.743 e. The molecule has 0 saturated heterocycles. The first-order valence-corrected chi connectivity index (χ1v) is 13.0. The van der Waals surface area contributed by atoms with Gasteiger partial charge in [-0.2, -0.15) is 13.0 Å². The van der Waals surface area contributed by atoms with Crippen molar-refractivity contribution in [2.24, 2.45) is 0 Å². The predicted molar refractivity (Wildman–Crippen MR) is 125 cm³/mol. The van der Waals surface area contributed by atoms with Gasteiger partial charge in [0.05, 0.1) is 0 Å². The molecular formula is C23H20N2NaO6S2+. The molecule has 0 amide bonds. The van der Waals surface area contributed by atoms with Gasteiger partial charge in [-0.15, -0.1) is 0 Å². The van der Waals surface area contributed by atoms with E-state index in [2.05, 4.69) is 0 Å². The minimum absolute atomic E-state index is 0. The van der Waals surface area contributed by atoms with Gasteiger partial charge in [0.2, 0.25) is 17.1 Å². The third kappa shape index (κ3) is 6.42. The molecule has 0 atom stereocenters. The van der Waals surface area contributed by atoms with Gasteiger partial charge in [0, 0.05) is 35.0 Å². The molecule has 2 aromatic carbocycles. The van der Waals surface area contributed by atoms with E-state index in [4.69, 9.17) is 0 Å². The average molecular weight is 508 g/mol. The maximum atomic E-state index is 11.6. The number of hydrogen-bond acceptors (Lipinski definition) is 6. The number of nitrogens with zero attached hydrogens (tertiary/aromatic N) is 2. The van der Waals surface area contributed by atoms with Crippen LogP contribution < -0.4 is 39.0 Å². The molecular weight excluding hydrogens is 487 g/mol. The van der Waals surface area contributed by atoms with E-state index in [0.717, 1.165) is 10.9 Å². The van der Waals surface area contributed by atoms with Crippen LogP contribution in [0.3, 0.4) is 0 Å². The van der Waals surface area contributed by atoms with E-state index in [-0.39, 0.29) is 29.6 Å². The van der Waals surface area contributed by atoms with E-state index < -0.39 is 32.0 Å². The Hall–Kier alpha value is -2.31. The number of rotatable bonds is 6. The fourth-order valence-corrected chi connectivity index (χ4v) is 4.92. The Balaban J connectivity index is 0.00000324. The maximum absolute atomic E-state index is 11.6. The third-order valence-corrected chi connectivity index (χ3v) is 6.22. The minimum atomic E-state index is -4.55. The fourth-order valence-electron chi connectivity index (χ4n) is 3.70. The third-order valence-electron chi connectivity index (χ3n) is 5.06. The zero-order valence-corrected chi connectivity index (χ0v) is 21.9. The number of benzene rings is 2. The summed E-state index contributed by atoms with van der Waals surface area (Å²) in [5, 5.41) is 0.780. The molecule has 3 aromatic rings. The monoisotopic (exact) mass is 507 g/mol. The number of fused-ring (bicyclic) bond motifs is 2. The summed E-state index contributed by atoms with van der Waals surface area (Å²) in [6, 6.07) is 17.8. The largest absolute Gasteiger partial charge is 1.00 e. The van der Waals surface area contributed by atoms with E-state index in [0.29, 0.717) is 22.6 Å². The molecule has 1 aliphatic heterocycles. The van der Waals surface area contributed by atoms with Gasteiger partial charge >= 0.3 is 29.6 Å². The van der Waals surface area contributed by atoms with Crippen molar-refractivity contribution < 1.29 is 60.1 Å². The quantitative estimate of drug-likeness (QED) is 0.281. The SMILES string of the molecule is O=S(=O)([O-])C[n+]1c(/C=C/C=C2\C=Cc3ccccc3N2CS(=O)(=O)O)ccc2ccccc21.[Na+]. The molecule has 1 N–H and O–H groups in total. The predicted octanol–water partition coefficient (Wildman–Crippen LogP) is -0.0902. The molecule has 2 heterocycles. The Bertz CT molecular complexity index is 1530. The number of aromatic nitrogens is 1. The summed E-state index contributed by atoms with van der Waals surface area (Å²) >= 11 is 0. The molecule has 11 heteroatoms. The Morgan fingerprint density at radius 2 is 1.65 bits per heavy atom. The van der Waals surface area contributed by atoms with E-state index >= 15 is 0 Å². The van der Waals surface area contributed by atoms with Crippen LogP contribution in [0.5, 0.6) is 0 Å². The van der Waals surface area contributed by atoms with Gasteiger partial charge in [0.25, 0.3) is 10.1 Å². The van der Waals surface area contributed by atoms with Crippen molar-refractivity contribution in [2.45, 2.75) is 5.88 Å². The van der Waals surface area contributed by atoms with E-state index in [1.165, 1.54) is 9.47 Å². The molecule has 0 unspecified atom stereocenters. The van der Waals surface area contributed by atoms with Crippen LogP contribution in [0.25, 0.3) is 23.1 Å². The molecule has 170 valence electrons. The molecule has 0 aliphatic carbocycles. The zero-order chi connectivity index (χ0) is 23.6. The Kier molecular flexibility index (Phi) is 8.14. The average Bonchev–Trinajstić information content (AvgIpc) is 2.74. The molecule has 0 saturated carbocycles. The normalized spacial score (nSPS) is 15.0. The molecule has 0 radical (unpaired) electrons. The van der Waals surface area contributed by atoms with Gasteiger partial charge in [0.1, 0.15) is 0 Å². The molecule has 0 bridgehead atoms. The van der Waals surface area contributed by atoms with Crippen molar-refractivity contribution >= 4 is 49.0 Å². The first-order valence-electron chi connectivity index (χ1n) is 9.84. The summed E-state index contributed by atoms with van der Waals surface area (Å²) in [6.45, 7) is 0. The van der Waals surface area contributed by atoms with Crippen LogP contribution in [-0.4, -0.2) is 31.8 Å². The van der Waals surface area contributed by atoms with Crippen molar-refractivity contribution in [3.63, 3.8) is 0 Å². The van der Waals surface area contributed by atoms with Crippen molar-refractivity contribution in [1.82, 2.24) is 0 Å². The number of pyridine rings is 1. The van der Waals surface area contributed by atoms with Gasteiger partial charge < -0.3 is 9.45 Å². The summed E-state index contributed by atoms with van der Waals surface area (Å²) < 4.78 is 68.6. The van der Waals surface area contributed by atoms with Crippen LogP contribution in [0, 0.1) is 0 Å². The molecule has 34 heavy (non-hydrogen) atoms. The van der Waals surface area contributed by atoms with Gasteiger partial charge in [-0.3, -0.25) is 4.55 Å².